The molecule has 0 unspecified atom stereocenters. The normalized spacial score (nSPS) is 11.6. The number of aromatic nitrogens is 3. The van der Waals surface area contributed by atoms with Gasteiger partial charge in [0, 0.05) is 37.7 Å². The molecule has 10 aromatic rings. The first-order chi connectivity index (χ1) is 24.8. The summed E-state index contributed by atoms with van der Waals surface area (Å²) in [7, 11) is 0. The van der Waals surface area contributed by atoms with Gasteiger partial charge in [-0.25, -0.2) is 9.97 Å². The van der Waals surface area contributed by atoms with Gasteiger partial charge in [0.2, 0.25) is 0 Å². The molecule has 50 heavy (non-hydrogen) atoms. The summed E-state index contributed by atoms with van der Waals surface area (Å²) in [6.07, 6.45) is 0. The minimum atomic E-state index is 0.742. The van der Waals surface area contributed by atoms with Gasteiger partial charge in [-0.1, -0.05) is 146 Å². The van der Waals surface area contributed by atoms with E-state index in [0.717, 1.165) is 38.5 Å². The fraction of sp³-hybridized carbons (Fsp3) is 0. The molecule has 4 heteroatoms. The molecule has 234 valence electrons. The molecule has 0 atom stereocenters. The summed E-state index contributed by atoms with van der Waals surface area (Å²) >= 11 is 1.77. The maximum absolute atomic E-state index is 5.24. The molecule has 0 aliphatic heterocycles. The first-order valence-electron chi connectivity index (χ1n) is 16.8. The summed E-state index contributed by atoms with van der Waals surface area (Å²) in [6.45, 7) is 0. The van der Waals surface area contributed by atoms with Crippen molar-refractivity contribution in [2.24, 2.45) is 0 Å². The van der Waals surface area contributed by atoms with Crippen LogP contribution in [0.15, 0.2) is 176 Å². The van der Waals surface area contributed by atoms with Gasteiger partial charge in [-0.15, -0.1) is 11.3 Å². The lowest BCUT2D eigenvalue weighted by Gasteiger charge is -2.10. The van der Waals surface area contributed by atoms with Gasteiger partial charge in [0.05, 0.1) is 26.9 Å². The Bertz CT molecular complexity index is 2780. The molecule has 0 saturated heterocycles. The summed E-state index contributed by atoms with van der Waals surface area (Å²) in [4.78, 5) is 10.4. The van der Waals surface area contributed by atoms with E-state index in [1.807, 2.05) is 24.3 Å². The number of thiophene rings is 1. The molecule has 0 radical (unpaired) electrons. The molecule has 3 aromatic heterocycles. The summed E-state index contributed by atoms with van der Waals surface area (Å²) in [5, 5.41) is 3.72. The third kappa shape index (κ3) is 4.65. The van der Waals surface area contributed by atoms with Crippen molar-refractivity contribution in [1.29, 1.82) is 0 Å². The van der Waals surface area contributed by atoms with Crippen LogP contribution in [0.3, 0.4) is 0 Å². The van der Waals surface area contributed by atoms with Gasteiger partial charge in [-0.2, -0.15) is 0 Å². The second-order valence-corrected chi connectivity index (χ2v) is 13.6. The van der Waals surface area contributed by atoms with E-state index < -0.39 is 0 Å². The van der Waals surface area contributed by atoms with Crippen LogP contribution in [0.25, 0.3) is 92.7 Å². The van der Waals surface area contributed by atoms with Crippen LogP contribution in [0.1, 0.15) is 0 Å². The highest BCUT2D eigenvalue weighted by atomic mass is 32.1. The Labute approximate surface area is 293 Å². The molecular formula is C46H29N3S. The third-order valence-corrected chi connectivity index (χ3v) is 10.8. The van der Waals surface area contributed by atoms with E-state index in [-0.39, 0.29) is 0 Å². The van der Waals surface area contributed by atoms with Crippen molar-refractivity contribution in [2.75, 3.05) is 0 Å². The van der Waals surface area contributed by atoms with Crippen LogP contribution in [-0.4, -0.2) is 14.5 Å². The molecule has 0 aliphatic rings. The first-order valence-corrected chi connectivity index (χ1v) is 17.7. The third-order valence-electron chi connectivity index (χ3n) is 9.65. The minimum absolute atomic E-state index is 0.742. The highest BCUT2D eigenvalue weighted by Gasteiger charge is 2.19. The zero-order chi connectivity index (χ0) is 33.0. The monoisotopic (exact) mass is 655 g/mol. The molecule has 3 heterocycles. The number of fused-ring (bicyclic) bond motifs is 6. The quantitative estimate of drug-likeness (QED) is 0.185. The Hall–Kier alpha value is -6.36. The molecule has 10 rings (SSSR count). The van der Waals surface area contributed by atoms with E-state index in [2.05, 4.69) is 156 Å². The number of benzene rings is 7. The predicted octanol–water partition coefficient (Wildman–Crippen LogP) is 12.6. The lowest BCUT2D eigenvalue weighted by Crippen LogP contribution is -1.93. The van der Waals surface area contributed by atoms with Crippen LogP contribution in [-0.2, 0) is 0 Å². The Balaban J connectivity index is 1.06. The summed E-state index contributed by atoms with van der Waals surface area (Å²) in [5.74, 6) is 0.742. The zero-order valence-electron chi connectivity index (χ0n) is 27.0. The number of hydrogen-bond donors (Lipinski definition) is 0. The van der Waals surface area contributed by atoms with Crippen molar-refractivity contribution in [3.8, 4) is 50.6 Å². The zero-order valence-corrected chi connectivity index (χ0v) is 27.8. The van der Waals surface area contributed by atoms with Crippen molar-refractivity contribution in [1.82, 2.24) is 14.5 Å². The van der Waals surface area contributed by atoms with Gasteiger partial charge in [0.1, 0.15) is 0 Å². The van der Waals surface area contributed by atoms with E-state index in [1.165, 1.54) is 54.1 Å². The summed E-state index contributed by atoms with van der Waals surface area (Å²) in [5.41, 5.74) is 12.4. The predicted molar refractivity (Wildman–Crippen MR) is 211 cm³/mol. The van der Waals surface area contributed by atoms with Crippen LogP contribution < -0.4 is 0 Å². The van der Waals surface area contributed by atoms with Crippen molar-refractivity contribution in [3.63, 3.8) is 0 Å². The second kappa shape index (κ2) is 11.7. The maximum atomic E-state index is 5.24. The SMILES string of the molecule is c1ccc(-c2nc(-c3ccccc3)c3sc4cccc(-c5ccc(-c6ccc(-n7c8ccccc8c8ccccc87)cc6)cc5)c4c3n2)cc1. The van der Waals surface area contributed by atoms with E-state index in [1.54, 1.807) is 11.3 Å². The van der Waals surface area contributed by atoms with Gasteiger partial charge >= 0.3 is 0 Å². The van der Waals surface area contributed by atoms with Crippen molar-refractivity contribution < 1.29 is 0 Å². The lowest BCUT2D eigenvalue weighted by atomic mass is 9.97. The number of rotatable bonds is 5. The molecule has 0 fully saturated rings. The fourth-order valence-corrected chi connectivity index (χ4v) is 8.46. The average Bonchev–Trinajstić information content (AvgIpc) is 3.74. The van der Waals surface area contributed by atoms with Gasteiger partial charge in [-0.3, -0.25) is 0 Å². The largest absolute Gasteiger partial charge is 0.309 e. The number of para-hydroxylation sites is 2. The molecule has 7 aromatic carbocycles. The van der Waals surface area contributed by atoms with Crippen LogP contribution in [0, 0.1) is 0 Å². The van der Waals surface area contributed by atoms with Gasteiger partial charge in [-0.05, 0) is 52.6 Å². The first kappa shape index (κ1) is 28.6. The number of hydrogen-bond acceptors (Lipinski definition) is 3. The summed E-state index contributed by atoms with van der Waals surface area (Å²) < 4.78 is 4.68. The van der Waals surface area contributed by atoms with Crippen molar-refractivity contribution in [2.45, 2.75) is 0 Å². The lowest BCUT2D eigenvalue weighted by molar-refractivity contribution is 1.18. The van der Waals surface area contributed by atoms with Crippen LogP contribution >= 0.6 is 11.3 Å². The molecule has 0 N–H and O–H groups in total. The van der Waals surface area contributed by atoms with E-state index in [0.29, 0.717) is 0 Å². The molecule has 0 amide bonds. The van der Waals surface area contributed by atoms with Crippen LogP contribution in [0.4, 0.5) is 0 Å². The minimum Gasteiger partial charge on any atom is -0.309 e. The highest BCUT2D eigenvalue weighted by molar-refractivity contribution is 7.26. The Kier molecular flexibility index (Phi) is 6.68. The summed E-state index contributed by atoms with van der Waals surface area (Å²) in [6, 6.07) is 62.5. The number of nitrogens with zero attached hydrogens (tertiary/aromatic N) is 3. The smallest absolute Gasteiger partial charge is 0.160 e. The Morgan fingerprint density at radius 3 is 1.64 bits per heavy atom. The van der Waals surface area contributed by atoms with Gasteiger partial charge in [0.15, 0.2) is 5.82 Å². The standard InChI is InChI=1S/C46H29N3S/c1-3-12-33(13-4-1)43-45-44(48-46(47-43)34-14-5-2-6-15-34)42-36(18-11-21-41(42)50-45)32-24-22-30(23-25-32)31-26-28-35(29-27-31)49-39-19-9-7-16-37(39)38-17-8-10-20-40(38)49/h1-29H. The van der Waals surface area contributed by atoms with Crippen molar-refractivity contribution >= 4 is 53.4 Å². The fourth-order valence-electron chi connectivity index (χ4n) is 7.28. The van der Waals surface area contributed by atoms with Crippen LogP contribution in [0.2, 0.25) is 0 Å². The van der Waals surface area contributed by atoms with Gasteiger partial charge in [0.25, 0.3) is 0 Å². The van der Waals surface area contributed by atoms with E-state index >= 15 is 0 Å². The average molecular weight is 656 g/mol. The molecule has 3 nitrogen and oxygen atoms in total. The molecule has 0 spiro atoms. The highest BCUT2D eigenvalue weighted by Crippen LogP contribution is 2.43. The van der Waals surface area contributed by atoms with E-state index in [9.17, 15) is 0 Å². The van der Waals surface area contributed by atoms with E-state index in [4.69, 9.17) is 9.97 Å². The Morgan fingerprint density at radius 2 is 0.980 bits per heavy atom. The molecule has 0 aliphatic carbocycles. The molecule has 0 bridgehead atoms. The molecule has 0 saturated carbocycles. The maximum Gasteiger partial charge on any atom is 0.160 e. The van der Waals surface area contributed by atoms with Crippen molar-refractivity contribution in [3.05, 3.63) is 176 Å². The Morgan fingerprint density at radius 1 is 0.420 bits per heavy atom. The van der Waals surface area contributed by atoms with Crippen LogP contribution in [0.5, 0.6) is 0 Å². The second-order valence-electron chi connectivity index (χ2n) is 12.6. The van der Waals surface area contributed by atoms with Gasteiger partial charge < -0.3 is 4.57 Å². The topological polar surface area (TPSA) is 30.7 Å². The molecular weight excluding hydrogens is 627 g/mol.